The van der Waals surface area contributed by atoms with E-state index < -0.39 is 12.6 Å². The molecule has 1 aromatic carbocycles. The molecule has 0 atom stereocenters. The predicted molar refractivity (Wildman–Crippen MR) is 111 cm³/mol. The van der Waals surface area contributed by atoms with Crippen LogP contribution < -0.4 is 10.6 Å². The first kappa shape index (κ1) is 22.6. The number of H-pyrrole nitrogens is 1. The largest absolute Gasteiger partial charge is 0.390 e. The van der Waals surface area contributed by atoms with Crippen LogP contribution in [0.25, 0.3) is 10.9 Å². The molecule has 0 fully saturated rings. The van der Waals surface area contributed by atoms with Gasteiger partial charge in [-0.2, -0.15) is 13.2 Å². The number of halogens is 4. The molecule has 146 valence electrons. The van der Waals surface area contributed by atoms with E-state index in [0.29, 0.717) is 19.0 Å². The fourth-order valence-corrected chi connectivity index (χ4v) is 2.73. The van der Waals surface area contributed by atoms with Crippen LogP contribution in [0.4, 0.5) is 13.2 Å². The Hall–Kier alpha value is -1.45. The van der Waals surface area contributed by atoms with Crippen LogP contribution in [-0.2, 0) is 12.8 Å². The van der Waals surface area contributed by atoms with E-state index in [9.17, 15) is 13.2 Å². The first-order valence-electron chi connectivity index (χ1n) is 8.61. The molecule has 1 aromatic heterocycles. The molecule has 1 heterocycles. The molecule has 0 amide bonds. The van der Waals surface area contributed by atoms with Gasteiger partial charge in [0.25, 0.3) is 0 Å². The third-order valence-corrected chi connectivity index (χ3v) is 3.96. The molecule has 8 heteroatoms. The average molecular weight is 482 g/mol. The Kier molecular flexibility index (Phi) is 9.24. The summed E-state index contributed by atoms with van der Waals surface area (Å²) in [5.41, 5.74) is 3.62. The smallest absolute Gasteiger partial charge is 0.361 e. The molecule has 0 aliphatic rings. The summed E-state index contributed by atoms with van der Waals surface area (Å²) < 4.78 is 36.7. The summed E-state index contributed by atoms with van der Waals surface area (Å²) in [5, 5.41) is 7.26. The van der Waals surface area contributed by atoms with Crippen LogP contribution in [0.15, 0.2) is 29.4 Å². The van der Waals surface area contributed by atoms with Gasteiger partial charge in [-0.1, -0.05) is 25.1 Å². The van der Waals surface area contributed by atoms with Crippen LogP contribution in [0, 0.1) is 0 Å². The fraction of sp³-hybridized carbons (Fsp3) is 0.500. The van der Waals surface area contributed by atoms with Crippen molar-refractivity contribution >= 4 is 40.8 Å². The monoisotopic (exact) mass is 482 g/mol. The molecule has 0 aliphatic heterocycles. The Balaban J connectivity index is 0.00000338. The second-order valence-electron chi connectivity index (χ2n) is 5.81. The highest BCUT2D eigenvalue weighted by molar-refractivity contribution is 14.0. The van der Waals surface area contributed by atoms with Gasteiger partial charge < -0.3 is 15.6 Å². The maximum absolute atomic E-state index is 12.2. The third kappa shape index (κ3) is 6.69. The molecule has 0 saturated carbocycles. The lowest BCUT2D eigenvalue weighted by Gasteiger charge is -2.11. The lowest BCUT2D eigenvalue weighted by molar-refractivity contribution is -0.132. The number of alkyl halides is 3. The van der Waals surface area contributed by atoms with Gasteiger partial charge in [0.15, 0.2) is 5.96 Å². The molecular weight excluding hydrogens is 456 g/mol. The highest BCUT2D eigenvalue weighted by Crippen LogP contribution is 2.22. The van der Waals surface area contributed by atoms with Gasteiger partial charge in [-0.25, -0.2) is 0 Å². The number of nitrogens with one attached hydrogen (secondary N) is 3. The number of guanidine groups is 1. The molecule has 0 spiro atoms. The Morgan fingerprint density at radius 2 is 1.92 bits per heavy atom. The highest BCUT2D eigenvalue weighted by Gasteiger charge is 2.26. The second kappa shape index (κ2) is 10.6. The van der Waals surface area contributed by atoms with E-state index in [1.54, 1.807) is 0 Å². The lowest BCUT2D eigenvalue weighted by atomic mass is 10.1. The van der Waals surface area contributed by atoms with Crippen LogP contribution in [-0.4, -0.2) is 36.8 Å². The van der Waals surface area contributed by atoms with Crippen molar-refractivity contribution in [2.75, 3.05) is 19.6 Å². The summed E-state index contributed by atoms with van der Waals surface area (Å²) in [7, 11) is 0. The number of aromatic amines is 1. The zero-order valence-electron chi connectivity index (χ0n) is 15.0. The molecular formula is C18H26F3IN4. The first-order valence-corrected chi connectivity index (χ1v) is 8.61. The summed E-state index contributed by atoms with van der Waals surface area (Å²) in [6, 6.07) is 6.25. The van der Waals surface area contributed by atoms with Crippen LogP contribution in [0.5, 0.6) is 0 Å². The van der Waals surface area contributed by atoms with Gasteiger partial charge in [-0.3, -0.25) is 4.99 Å². The Labute approximate surface area is 169 Å². The topological polar surface area (TPSA) is 52.2 Å². The molecule has 0 saturated heterocycles. The van der Waals surface area contributed by atoms with Gasteiger partial charge in [-0.15, -0.1) is 24.0 Å². The van der Waals surface area contributed by atoms with E-state index in [4.69, 9.17) is 0 Å². The number of hydrogen-bond donors (Lipinski definition) is 3. The van der Waals surface area contributed by atoms with Crippen molar-refractivity contribution in [2.24, 2.45) is 4.99 Å². The quantitative estimate of drug-likeness (QED) is 0.312. The number of aliphatic imine (C=N–C) groups is 1. The molecule has 2 aromatic rings. The van der Waals surface area contributed by atoms with E-state index in [1.165, 1.54) is 16.5 Å². The van der Waals surface area contributed by atoms with Crippen LogP contribution in [0.2, 0.25) is 0 Å². The van der Waals surface area contributed by atoms with E-state index in [2.05, 4.69) is 45.7 Å². The minimum absolute atomic E-state index is 0. The van der Waals surface area contributed by atoms with Crippen LogP contribution >= 0.6 is 24.0 Å². The Bertz CT molecular complexity index is 710. The number of aryl methyl sites for hydroxylation is 1. The number of fused-ring (bicyclic) bond motifs is 1. The fourth-order valence-electron chi connectivity index (χ4n) is 2.73. The lowest BCUT2D eigenvalue weighted by Crippen LogP contribution is -2.38. The summed E-state index contributed by atoms with van der Waals surface area (Å²) in [6.07, 6.45) is -1.37. The van der Waals surface area contributed by atoms with E-state index in [1.807, 2.05) is 13.1 Å². The van der Waals surface area contributed by atoms with E-state index in [0.717, 1.165) is 18.4 Å². The third-order valence-electron chi connectivity index (χ3n) is 3.96. The Morgan fingerprint density at radius 3 is 2.58 bits per heavy atom. The van der Waals surface area contributed by atoms with Crippen molar-refractivity contribution < 1.29 is 13.2 Å². The molecule has 26 heavy (non-hydrogen) atoms. The molecule has 0 bridgehead atoms. The van der Waals surface area contributed by atoms with Gasteiger partial charge in [0.05, 0.1) is 13.0 Å². The van der Waals surface area contributed by atoms with Gasteiger partial charge in [0, 0.05) is 30.2 Å². The van der Waals surface area contributed by atoms with Crippen molar-refractivity contribution in [3.05, 3.63) is 35.5 Å². The minimum atomic E-state index is -4.18. The Morgan fingerprint density at radius 1 is 1.15 bits per heavy atom. The average Bonchev–Trinajstić information content (AvgIpc) is 2.97. The highest BCUT2D eigenvalue weighted by atomic mass is 127. The molecule has 0 unspecified atom stereocenters. The predicted octanol–water partition coefficient (Wildman–Crippen LogP) is 4.40. The second-order valence-corrected chi connectivity index (χ2v) is 5.81. The minimum Gasteiger partial charge on any atom is -0.361 e. The summed E-state index contributed by atoms with van der Waals surface area (Å²) in [5.74, 6) is 0.417. The summed E-state index contributed by atoms with van der Waals surface area (Å²) >= 11 is 0. The van der Waals surface area contributed by atoms with E-state index >= 15 is 0 Å². The molecule has 4 nitrogen and oxygen atoms in total. The number of para-hydroxylation sites is 1. The van der Waals surface area contributed by atoms with Gasteiger partial charge in [0.2, 0.25) is 0 Å². The standard InChI is InChI=1S/C18H25F3N4.HI/c1-3-13-6-5-7-15-14(12-25-16(13)15)8-10-23-17(22-4-2)24-11-9-18(19,20)21;/h5-7,12,25H,3-4,8-11H2,1-2H3,(H2,22,23,24);1H. The van der Waals surface area contributed by atoms with Crippen molar-refractivity contribution in [1.29, 1.82) is 0 Å². The summed E-state index contributed by atoms with van der Waals surface area (Å²) in [6.45, 7) is 4.93. The van der Waals surface area contributed by atoms with Gasteiger partial charge in [-0.05, 0) is 30.9 Å². The number of aromatic nitrogens is 1. The number of hydrogen-bond acceptors (Lipinski definition) is 1. The van der Waals surface area contributed by atoms with Crippen molar-refractivity contribution in [2.45, 2.75) is 39.3 Å². The van der Waals surface area contributed by atoms with Crippen LogP contribution in [0.3, 0.4) is 0 Å². The molecule has 0 aliphatic carbocycles. The number of benzene rings is 1. The SMILES string of the molecule is CCNC(=NCCC(F)(F)F)NCCc1c[nH]c2c(CC)cccc12.I. The first-order chi connectivity index (χ1) is 11.9. The summed E-state index contributed by atoms with van der Waals surface area (Å²) in [4.78, 5) is 7.30. The maximum Gasteiger partial charge on any atom is 0.390 e. The molecule has 2 rings (SSSR count). The molecule has 3 N–H and O–H groups in total. The number of rotatable bonds is 7. The molecule has 0 radical (unpaired) electrons. The number of nitrogens with zero attached hydrogens (tertiary/aromatic N) is 1. The van der Waals surface area contributed by atoms with Crippen molar-refractivity contribution in [3.63, 3.8) is 0 Å². The van der Waals surface area contributed by atoms with Crippen molar-refractivity contribution in [3.8, 4) is 0 Å². The van der Waals surface area contributed by atoms with Gasteiger partial charge in [0.1, 0.15) is 0 Å². The van der Waals surface area contributed by atoms with E-state index in [-0.39, 0.29) is 30.5 Å². The maximum atomic E-state index is 12.2. The van der Waals surface area contributed by atoms with Gasteiger partial charge >= 0.3 is 6.18 Å². The zero-order chi connectivity index (χ0) is 18.3. The normalized spacial score (nSPS) is 12.1. The zero-order valence-corrected chi connectivity index (χ0v) is 17.4. The van der Waals surface area contributed by atoms with Crippen molar-refractivity contribution in [1.82, 2.24) is 15.6 Å². The van der Waals surface area contributed by atoms with Crippen LogP contribution in [0.1, 0.15) is 31.4 Å².